The van der Waals surface area contributed by atoms with Gasteiger partial charge in [-0.1, -0.05) is 18.6 Å². The molecule has 8 heteroatoms. The summed E-state index contributed by atoms with van der Waals surface area (Å²) in [7, 11) is -3.50. The van der Waals surface area contributed by atoms with Crippen LogP contribution in [0.25, 0.3) is 0 Å². The van der Waals surface area contributed by atoms with Gasteiger partial charge in [0.25, 0.3) is 10.2 Å². The van der Waals surface area contributed by atoms with Gasteiger partial charge in [0.05, 0.1) is 19.3 Å². The van der Waals surface area contributed by atoms with Crippen LogP contribution in [0.2, 0.25) is 0 Å². The molecule has 2 N–H and O–H groups in total. The molecule has 25 heavy (non-hydrogen) atoms. The lowest BCUT2D eigenvalue weighted by atomic mass is 10.1. The summed E-state index contributed by atoms with van der Waals surface area (Å²) in [5, 5.41) is 9.10. The van der Waals surface area contributed by atoms with Gasteiger partial charge in [-0.15, -0.1) is 0 Å². The standard InChI is InChI=1S/C17H26N2O5S/c20-12-14-4-6-15(7-5-14)24-17-13-23-11-8-16(17)18-25(21,22)19-9-2-1-3-10-19/h4-7,16-18,20H,1-3,8-13H2/t16-,17-/m1/s1. The lowest BCUT2D eigenvalue weighted by Crippen LogP contribution is -2.55. The van der Waals surface area contributed by atoms with E-state index in [2.05, 4.69) is 4.72 Å². The van der Waals surface area contributed by atoms with Crippen molar-refractivity contribution in [3.05, 3.63) is 29.8 Å². The third kappa shape index (κ3) is 4.92. The van der Waals surface area contributed by atoms with Gasteiger partial charge in [-0.25, -0.2) is 0 Å². The molecule has 0 spiro atoms. The number of nitrogens with zero attached hydrogens (tertiary/aromatic N) is 1. The number of hydrogen-bond acceptors (Lipinski definition) is 5. The van der Waals surface area contributed by atoms with Crippen molar-refractivity contribution in [1.82, 2.24) is 9.03 Å². The molecule has 0 unspecified atom stereocenters. The van der Waals surface area contributed by atoms with Crippen LogP contribution in [0.3, 0.4) is 0 Å². The van der Waals surface area contributed by atoms with Gasteiger partial charge in [0.15, 0.2) is 0 Å². The van der Waals surface area contributed by atoms with Crippen LogP contribution in [-0.2, 0) is 21.6 Å². The highest BCUT2D eigenvalue weighted by atomic mass is 32.2. The highest BCUT2D eigenvalue weighted by molar-refractivity contribution is 7.87. The van der Waals surface area contributed by atoms with Crippen molar-refractivity contribution in [2.24, 2.45) is 0 Å². The second-order valence-electron chi connectivity index (χ2n) is 6.51. The van der Waals surface area contributed by atoms with Crippen molar-refractivity contribution in [2.45, 2.75) is 44.4 Å². The summed E-state index contributed by atoms with van der Waals surface area (Å²) in [6.45, 7) is 1.98. The van der Waals surface area contributed by atoms with Crippen LogP contribution >= 0.6 is 0 Å². The number of hydrogen-bond donors (Lipinski definition) is 2. The van der Waals surface area contributed by atoms with Crippen molar-refractivity contribution in [1.29, 1.82) is 0 Å². The Bertz CT molecular complexity index is 644. The van der Waals surface area contributed by atoms with Crippen LogP contribution in [0, 0.1) is 0 Å². The van der Waals surface area contributed by atoms with E-state index >= 15 is 0 Å². The molecule has 3 rings (SSSR count). The number of rotatable bonds is 6. The molecule has 2 atom stereocenters. The molecule has 2 heterocycles. The summed E-state index contributed by atoms with van der Waals surface area (Å²) in [6.07, 6.45) is 3.09. The van der Waals surface area contributed by atoms with Crippen molar-refractivity contribution < 1.29 is 23.0 Å². The van der Waals surface area contributed by atoms with Crippen LogP contribution in [-0.4, -0.2) is 56.3 Å². The van der Waals surface area contributed by atoms with Crippen molar-refractivity contribution >= 4 is 10.2 Å². The first kappa shape index (κ1) is 18.6. The molecule has 1 aromatic carbocycles. The van der Waals surface area contributed by atoms with E-state index in [4.69, 9.17) is 14.6 Å². The summed E-state index contributed by atoms with van der Waals surface area (Å²) in [6, 6.07) is 6.79. The molecule has 0 aliphatic carbocycles. The SMILES string of the molecule is O=S(=O)(N[C@@H]1CCOC[C@H]1Oc1ccc(CO)cc1)N1CCCCC1. The van der Waals surface area contributed by atoms with Crippen LogP contribution in [0.4, 0.5) is 0 Å². The van der Waals surface area contributed by atoms with Crippen LogP contribution in [0.15, 0.2) is 24.3 Å². The molecule has 1 aromatic rings. The van der Waals surface area contributed by atoms with Gasteiger partial charge in [-0.2, -0.15) is 17.4 Å². The smallest absolute Gasteiger partial charge is 0.279 e. The molecular weight excluding hydrogens is 344 g/mol. The van der Waals surface area contributed by atoms with E-state index in [1.54, 1.807) is 24.3 Å². The van der Waals surface area contributed by atoms with Crippen LogP contribution < -0.4 is 9.46 Å². The first-order valence-electron chi connectivity index (χ1n) is 8.80. The lowest BCUT2D eigenvalue weighted by Gasteiger charge is -2.34. The molecular formula is C17H26N2O5S. The average molecular weight is 370 g/mol. The molecule has 2 aliphatic heterocycles. The first-order valence-corrected chi connectivity index (χ1v) is 10.2. The van der Waals surface area contributed by atoms with E-state index in [9.17, 15) is 8.42 Å². The van der Waals surface area contributed by atoms with Gasteiger partial charge in [-0.3, -0.25) is 0 Å². The quantitative estimate of drug-likeness (QED) is 0.781. The topological polar surface area (TPSA) is 88.1 Å². The van der Waals surface area contributed by atoms with Gasteiger partial charge in [-0.05, 0) is 37.0 Å². The predicted molar refractivity (Wildman–Crippen MR) is 93.5 cm³/mol. The summed E-state index contributed by atoms with van der Waals surface area (Å²) < 4.78 is 41.0. The lowest BCUT2D eigenvalue weighted by molar-refractivity contribution is -0.00966. The van der Waals surface area contributed by atoms with E-state index < -0.39 is 10.2 Å². The Balaban J connectivity index is 1.65. The zero-order valence-corrected chi connectivity index (χ0v) is 15.1. The molecule has 2 aliphatic rings. The third-order valence-corrected chi connectivity index (χ3v) is 6.30. The number of benzene rings is 1. The normalized spacial score (nSPS) is 25.6. The maximum Gasteiger partial charge on any atom is 0.279 e. The summed E-state index contributed by atoms with van der Waals surface area (Å²) >= 11 is 0. The number of nitrogens with one attached hydrogen (secondary N) is 1. The van der Waals surface area contributed by atoms with Gasteiger partial charge >= 0.3 is 0 Å². The minimum atomic E-state index is -3.50. The van der Waals surface area contributed by atoms with Gasteiger partial charge in [0.1, 0.15) is 11.9 Å². The Labute approximate surface area is 149 Å². The zero-order chi connectivity index (χ0) is 17.7. The van der Waals surface area contributed by atoms with E-state index in [0.29, 0.717) is 38.5 Å². The van der Waals surface area contributed by atoms with Crippen LogP contribution in [0.1, 0.15) is 31.2 Å². The van der Waals surface area contributed by atoms with Gasteiger partial charge < -0.3 is 14.6 Å². The van der Waals surface area contributed by atoms with E-state index in [-0.39, 0.29) is 18.8 Å². The monoisotopic (exact) mass is 370 g/mol. The minimum Gasteiger partial charge on any atom is -0.486 e. The second-order valence-corrected chi connectivity index (χ2v) is 8.21. The summed E-state index contributed by atoms with van der Waals surface area (Å²) in [5.41, 5.74) is 0.801. The molecule has 0 radical (unpaired) electrons. The van der Waals surface area contributed by atoms with E-state index in [1.165, 1.54) is 4.31 Å². The maximum atomic E-state index is 12.6. The largest absolute Gasteiger partial charge is 0.486 e. The minimum absolute atomic E-state index is 0.0227. The van der Waals surface area contributed by atoms with E-state index in [1.807, 2.05) is 0 Å². The summed E-state index contributed by atoms with van der Waals surface area (Å²) in [4.78, 5) is 0. The Morgan fingerprint density at radius 3 is 2.60 bits per heavy atom. The van der Waals surface area contributed by atoms with Crippen molar-refractivity contribution in [3.8, 4) is 5.75 Å². The van der Waals surface area contributed by atoms with Gasteiger partial charge in [0.2, 0.25) is 0 Å². The fourth-order valence-corrected chi connectivity index (χ4v) is 4.72. The van der Waals surface area contributed by atoms with Crippen molar-refractivity contribution in [2.75, 3.05) is 26.3 Å². The Hall–Kier alpha value is -1.19. The molecule has 7 nitrogen and oxygen atoms in total. The third-order valence-electron chi connectivity index (χ3n) is 4.65. The highest BCUT2D eigenvalue weighted by Gasteiger charge is 2.34. The average Bonchev–Trinajstić information content (AvgIpc) is 2.64. The second kappa shape index (κ2) is 8.46. The Kier molecular flexibility index (Phi) is 6.29. The molecule has 2 fully saturated rings. The number of aliphatic hydroxyl groups excluding tert-OH is 1. The maximum absolute atomic E-state index is 12.6. The van der Waals surface area contributed by atoms with Crippen LogP contribution in [0.5, 0.6) is 5.75 Å². The fraction of sp³-hybridized carbons (Fsp3) is 0.647. The fourth-order valence-electron chi connectivity index (χ4n) is 3.18. The van der Waals surface area contributed by atoms with Crippen molar-refractivity contribution in [3.63, 3.8) is 0 Å². The zero-order valence-electron chi connectivity index (χ0n) is 14.3. The molecule has 0 bridgehead atoms. The highest BCUT2D eigenvalue weighted by Crippen LogP contribution is 2.20. The molecule has 0 saturated carbocycles. The Morgan fingerprint density at radius 2 is 1.92 bits per heavy atom. The van der Waals surface area contributed by atoms with Gasteiger partial charge in [0, 0.05) is 19.7 Å². The molecule has 2 saturated heterocycles. The first-order chi connectivity index (χ1) is 12.1. The number of aliphatic hydroxyl groups is 1. The predicted octanol–water partition coefficient (Wildman–Crippen LogP) is 1.04. The molecule has 0 amide bonds. The van der Waals surface area contributed by atoms with E-state index in [0.717, 1.165) is 24.8 Å². The summed E-state index contributed by atoms with van der Waals surface area (Å²) in [5.74, 6) is 0.634. The number of ether oxygens (including phenoxy) is 2. The number of piperidine rings is 1. The molecule has 0 aromatic heterocycles. The Morgan fingerprint density at radius 1 is 1.20 bits per heavy atom. The molecule has 140 valence electrons.